The fraction of sp³-hybridized carbons (Fsp3) is 0.261. The highest BCUT2D eigenvalue weighted by atomic mass is 19.4. The Kier molecular flexibility index (Phi) is 5.27. The second kappa shape index (κ2) is 8.19. The van der Waals surface area contributed by atoms with Crippen LogP contribution in [0.3, 0.4) is 0 Å². The molecule has 0 spiro atoms. The molecular formula is C23H17F4N7O. The first-order valence-corrected chi connectivity index (χ1v) is 10.6. The number of pyridine rings is 1. The monoisotopic (exact) mass is 483 g/mol. The summed E-state index contributed by atoms with van der Waals surface area (Å²) in [6.45, 7) is 2.25. The minimum Gasteiger partial charge on any atom is -0.335 e. The molecule has 12 heteroatoms. The number of fused-ring (bicyclic) bond motifs is 1. The van der Waals surface area contributed by atoms with Crippen molar-refractivity contribution in [3.8, 4) is 6.07 Å². The Morgan fingerprint density at radius 3 is 2.51 bits per heavy atom. The number of nitrogens with zero attached hydrogens (tertiary/aromatic N) is 6. The van der Waals surface area contributed by atoms with Gasteiger partial charge in [-0.2, -0.15) is 28.5 Å². The van der Waals surface area contributed by atoms with Crippen molar-refractivity contribution in [1.29, 1.82) is 5.26 Å². The molecule has 0 aliphatic carbocycles. The van der Waals surface area contributed by atoms with Gasteiger partial charge in [-0.05, 0) is 42.7 Å². The molecular weight excluding hydrogens is 466 g/mol. The zero-order chi connectivity index (χ0) is 24.9. The van der Waals surface area contributed by atoms with Gasteiger partial charge in [0, 0.05) is 12.7 Å². The molecule has 1 aromatic carbocycles. The molecule has 1 aliphatic heterocycles. The van der Waals surface area contributed by atoms with E-state index in [0.29, 0.717) is 12.1 Å². The zero-order valence-electron chi connectivity index (χ0n) is 18.2. The summed E-state index contributed by atoms with van der Waals surface area (Å²) in [6.07, 6.45) is -2.72. The largest absolute Gasteiger partial charge is 0.433 e. The van der Waals surface area contributed by atoms with E-state index in [1.165, 1.54) is 22.9 Å². The second-order valence-electron chi connectivity index (χ2n) is 8.19. The van der Waals surface area contributed by atoms with Gasteiger partial charge in [0.2, 0.25) is 5.95 Å². The van der Waals surface area contributed by atoms with Crippen LogP contribution >= 0.6 is 0 Å². The lowest BCUT2D eigenvalue weighted by Gasteiger charge is -2.41. The van der Waals surface area contributed by atoms with Gasteiger partial charge in [-0.1, -0.05) is 18.2 Å². The molecule has 0 bridgehead atoms. The van der Waals surface area contributed by atoms with Crippen molar-refractivity contribution in [1.82, 2.24) is 24.7 Å². The number of aromatic amines is 1. The lowest BCUT2D eigenvalue weighted by Crippen LogP contribution is -2.42. The van der Waals surface area contributed by atoms with Gasteiger partial charge in [-0.15, -0.1) is 0 Å². The fourth-order valence-corrected chi connectivity index (χ4v) is 4.15. The molecule has 1 saturated heterocycles. The minimum absolute atomic E-state index is 0.0122. The second-order valence-corrected chi connectivity index (χ2v) is 8.19. The maximum atomic E-state index is 13.3. The summed E-state index contributed by atoms with van der Waals surface area (Å²) in [5, 5.41) is 13.7. The summed E-state index contributed by atoms with van der Waals surface area (Å²) in [5.41, 5.74) is -0.365. The SMILES string of the molecule is CC(c1ccc(C(F)(F)F)nc1)n1nc(C#N)c2c(=O)[nH]c(N3CCC3c3ccc(F)cc3)nc21. The number of rotatable bonds is 4. The fourth-order valence-electron chi connectivity index (χ4n) is 4.15. The number of alkyl halides is 3. The number of H-pyrrole nitrogens is 1. The Balaban J connectivity index is 1.56. The average molecular weight is 483 g/mol. The van der Waals surface area contributed by atoms with Crippen LogP contribution in [0.1, 0.15) is 47.9 Å². The Morgan fingerprint density at radius 2 is 1.94 bits per heavy atom. The Hall–Kier alpha value is -4.27. The van der Waals surface area contributed by atoms with Crippen molar-refractivity contribution in [2.45, 2.75) is 31.6 Å². The highest BCUT2D eigenvalue weighted by molar-refractivity contribution is 5.81. The van der Waals surface area contributed by atoms with Gasteiger partial charge < -0.3 is 4.90 Å². The molecule has 35 heavy (non-hydrogen) atoms. The van der Waals surface area contributed by atoms with Gasteiger partial charge in [0.15, 0.2) is 11.3 Å². The minimum atomic E-state index is -4.57. The van der Waals surface area contributed by atoms with Crippen LogP contribution in [-0.2, 0) is 6.18 Å². The maximum absolute atomic E-state index is 13.3. The number of hydrogen-bond donors (Lipinski definition) is 1. The van der Waals surface area contributed by atoms with E-state index in [9.17, 15) is 27.6 Å². The molecule has 5 rings (SSSR count). The molecule has 1 fully saturated rings. The van der Waals surface area contributed by atoms with Gasteiger partial charge in [0.1, 0.15) is 23.0 Å². The third-order valence-corrected chi connectivity index (χ3v) is 6.13. The van der Waals surface area contributed by atoms with Crippen LogP contribution in [-0.4, -0.2) is 31.3 Å². The lowest BCUT2D eigenvalue weighted by atomic mass is 9.95. The van der Waals surface area contributed by atoms with Gasteiger partial charge in [0.05, 0.1) is 12.1 Å². The number of nitrogens with one attached hydrogen (secondary N) is 1. The first-order valence-electron chi connectivity index (χ1n) is 10.6. The molecule has 0 saturated carbocycles. The van der Waals surface area contributed by atoms with E-state index in [0.717, 1.165) is 24.2 Å². The van der Waals surface area contributed by atoms with Crippen molar-refractivity contribution >= 4 is 17.0 Å². The van der Waals surface area contributed by atoms with Crippen molar-refractivity contribution in [2.24, 2.45) is 0 Å². The predicted octanol–water partition coefficient (Wildman–Crippen LogP) is 4.10. The molecule has 0 amide bonds. The smallest absolute Gasteiger partial charge is 0.335 e. The molecule has 4 heterocycles. The molecule has 178 valence electrons. The van der Waals surface area contributed by atoms with Crippen LogP contribution in [0.2, 0.25) is 0 Å². The number of aromatic nitrogens is 5. The molecule has 1 aliphatic rings. The van der Waals surface area contributed by atoms with E-state index in [2.05, 4.69) is 20.1 Å². The van der Waals surface area contributed by atoms with Crippen LogP contribution in [0, 0.1) is 17.1 Å². The summed E-state index contributed by atoms with van der Waals surface area (Å²) in [6, 6.07) is 9.28. The third-order valence-electron chi connectivity index (χ3n) is 6.13. The van der Waals surface area contributed by atoms with Gasteiger partial charge >= 0.3 is 6.18 Å². The summed E-state index contributed by atoms with van der Waals surface area (Å²) in [7, 11) is 0. The summed E-state index contributed by atoms with van der Waals surface area (Å²) < 4.78 is 53.3. The van der Waals surface area contributed by atoms with Crippen LogP contribution in [0.5, 0.6) is 0 Å². The summed E-state index contributed by atoms with van der Waals surface area (Å²) in [5.74, 6) is -0.0984. The van der Waals surface area contributed by atoms with E-state index < -0.39 is 23.5 Å². The van der Waals surface area contributed by atoms with Crippen molar-refractivity contribution in [2.75, 3.05) is 11.4 Å². The predicted molar refractivity (Wildman–Crippen MR) is 117 cm³/mol. The van der Waals surface area contributed by atoms with Crippen LogP contribution in [0.4, 0.5) is 23.5 Å². The van der Waals surface area contributed by atoms with Crippen molar-refractivity contribution < 1.29 is 17.6 Å². The van der Waals surface area contributed by atoms with E-state index >= 15 is 0 Å². The van der Waals surface area contributed by atoms with Crippen LogP contribution in [0.25, 0.3) is 11.0 Å². The lowest BCUT2D eigenvalue weighted by molar-refractivity contribution is -0.141. The molecule has 4 aromatic rings. The number of anilines is 1. The first-order chi connectivity index (χ1) is 16.7. The van der Waals surface area contributed by atoms with Crippen LogP contribution in [0.15, 0.2) is 47.4 Å². The topological polar surface area (TPSA) is 103 Å². The maximum Gasteiger partial charge on any atom is 0.433 e. The standard InChI is InChI=1S/C23H17F4N7O/c1-12(14-4-7-18(29-11-14)23(25,26)27)34-20-19(16(10-28)32-34)21(35)31-22(30-20)33-9-8-17(33)13-2-5-15(24)6-3-13/h2-7,11-12,17H,8-9H2,1H3,(H,30,31,35). The highest BCUT2D eigenvalue weighted by Crippen LogP contribution is 2.36. The molecule has 0 radical (unpaired) electrons. The van der Waals surface area contributed by atoms with E-state index in [-0.39, 0.29) is 34.5 Å². The Bertz CT molecular complexity index is 1500. The number of nitriles is 1. The van der Waals surface area contributed by atoms with E-state index in [4.69, 9.17) is 0 Å². The van der Waals surface area contributed by atoms with Crippen molar-refractivity contribution in [3.05, 3.63) is 81.3 Å². The van der Waals surface area contributed by atoms with Gasteiger partial charge in [-0.3, -0.25) is 14.8 Å². The number of halogens is 4. The Morgan fingerprint density at radius 1 is 1.20 bits per heavy atom. The van der Waals surface area contributed by atoms with Gasteiger partial charge in [0.25, 0.3) is 5.56 Å². The zero-order valence-corrected chi connectivity index (χ0v) is 18.2. The molecule has 8 nitrogen and oxygen atoms in total. The molecule has 2 atom stereocenters. The molecule has 3 aromatic heterocycles. The quantitative estimate of drug-likeness (QED) is 0.439. The summed E-state index contributed by atoms with van der Waals surface area (Å²) in [4.78, 5) is 25.5. The number of hydrogen-bond acceptors (Lipinski definition) is 6. The van der Waals surface area contributed by atoms with Gasteiger partial charge in [-0.25, -0.2) is 9.07 Å². The molecule has 1 N–H and O–H groups in total. The third kappa shape index (κ3) is 3.88. The summed E-state index contributed by atoms with van der Waals surface area (Å²) >= 11 is 0. The highest BCUT2D eigenvalue weighted by Gasteiger charge is 2.34. The Labute approximate surface area is 195 Å². The average Bonchev–Trinajstić information content (AvgIpc) is 3.18. The van der Waals surface area contributed by atoms with E-state index in [1.54, 1.807) is 19.1 Å². The number of benzene rings is 1. The normalized spacial score (nSPS) is 16.7. The first kappa shape index (κ1) is 22.5. The van der Waals surface area contributed by atoms with Crippen LogP contribution < -0.4 is 10.5 Å². The molecule has 2 unspecified atom stereocenters. The van der Waals surface area contributed by atoms with Crippen molar-refractivity contribution in [3.63, 3.8) is 0 Å². The van der Waals surface area contributed by atoms with E-state index in [1.807, 2.05) is 11.0 Å².